The minimum atomic E-state index is -0.725. The average molecular weight is 271 g/mol. The number of aryl methyl sites for hydroxylation is 1. The molecule has 82 valence electrons. The predicted octanol–water partition coefficient (Wildman–Crippen LogP) is 3.73. The average Bonchev–Trinajstić information content (AvgIpc) is 2.14. The molecule has 0 aliphatic heterocycles. The van der Waals surface area contributed by atoms with Gasteiger partial charge in [0.25, 0.3) is 0 Å². The molecule has 3 heteroatoms. The van der Waals surface area contributed by atoms with Gasteiger partial charge in [-0.05, 0) is 42.5 Å². The Morgan fingerprint density at radius 3 is 2.73 bits per heavy atom. The maximum atomic E-state index is 10.5. The van der Waals surface area contributed by atoms with Crippen molar-refractivity contribution in [3.8, 4) is 0 Å². The van der Waals surface area contributed by atoms with E-state index in [-0.39, 0.29) is 6.42 Å². The van der Waals surface area contributed by atoms with Crippen molar-refractivity contribution in [3.63, 3.8) is 0 Å². The number of carboxylic acids is 1. The molecule has 0 amide bonds. The minimum absolute atomic E-state index is 0.233. The molecule has 1 atom stereocenters. The van der Waals surface area contributed by atoms with Crippen LogP contribution in [0, 0.1) is 6.92 Å². The van der Waals surface area contributed by atoms with Gasteiger partial charge in [-0.3, -0.25) is 4.79 Å². The van der Waals surface area contributed by atoms with E-state index in [9.17, 15) is 4.79 Å². The Bertz CT molecular complexity index is 361. The Labute approximate surface area is 98.4 Å². The predicted molar refractivity (Wildman–Crippen MR) is 64.2 cm³/mol. The fourth-order valence-corrected chi connectivity index (χ4v) is 2.16. The van der Waals surface area contributed by atoms with Crippen LogP contribution in [0.5, 0.6) is 0 Å². The van der Waals surface area contributed by atoms with Gasteiger partial charge in [-0.15, -0.1) is 0 Å². The maximum absolute atomic E-state index is 10.5. The summed E-state index contributed by atoms with van der Waals surface area (Å²) in [6, 6.07) is 6.12. The number of carbonyl (C=O) groups is 1. The van der Waals surface area contributed by atoms with Crippen LogP contribution < -0.4 is 0 Å². The number of hydrogen-bond donors (Lipinski definition) is 1. The van der Waals surface area contributed by atoms with Crippen LogP contribution in [-0.4, -0.2) is 11.1 Å². The molecule has 0 fully saturated rings. The van der Waals surface area contributed by atoms with Crippen molar-refractivity contribution in [1.82, 2.24) is 0 Å². The molecule has 1 N–H and O–H groups in total. The van der Waals surface area contributed by atoms with Gasteiger partial charge in [0, 0.05) is 10.9 Å². The summed E-state index contributed by atoms with van der Waals surface area (Å²) in [7, 11) is 0. The molecule has 0 aliphatic rings. The van der Waals surface area contributed by atoms with Crippen molar-refractivity contribution in [3.05, 3.63) is 33.8 Å². The molecule has 0 spiro atoms. The molecule has 0 aromatic heterocycles. The molecule has 0 unspecified atom stereocenters. The molecule has 0 bridgehead atoms. The molecule has 0 radical (unpaired) electrons. The van der Waals surface area contributed by atoms with E-state index in [2.05, 4.69) is 41.9 Å². The van der Waals surface area contributed by atoms with E-state index in [1.54, 1.807) is 0 Å². The summed E-state index contributed by atoms with van der Waals surface area (Å²) >= 11 is 3.41. The van der Waals surface area contributed by atoms with Gasteiger partial charge >= 0.3 is 5.97 Å². The van der Waals surface area contributed by atoms with Crippen molar-refractivity contribution in [2.45, 2.75) is 32.6 Å². The lowest BCUT2D eigenvalue weighted by molar-refractivity contribution is -0.137. The topological polar surface area (TPSA) is 37.3 Å². The first kappa shape index (κ1) is 12.2. The first-order valence-corrected chi connectivity index (χ1v) is 5.78. The summed E-state index contributed by atoms with van der Waals surface area (Å²) in [5.41, 5.74) is 2.45. The third kappa shape index (κ3) is 3.67. The van der Waals surface area contributed by atoms with Gasteiger partial charge in [-0.1, -0.05) is 28.9 Å². The Hall–Kier alpha value is -0.830. The molecule has 2 nitrogen and oxygen atoms in total. The fraction of sp³-hybridized carbons (Fsp3) is 0.417. The summed E-state index contributed by atoms with van der Waals surface area (Å²) in [5.74, 6) is -0.425. The first-order chi connectivity index (χ1) is 7.00. The van der Waals surface area contributed by atoms with E-state index in [1.807, 2.05) is 6.07 Å². The number of benzene rings is 1. The van der Waals surface area contributed by atoms with Crippen molar-refractivity contribution in [2.75, 3.05) is 0 Å². The molecule has 0 saturated heterocycles. The third-order valence-electron chi connectivity index (χ3n) is 2.55. The van der Waals surface area contributed by atoms with Gasteiger partial charge in [0.2, 0.25) is 0 Å². The number of rotatable bonds is 4. The lowest BCUT2D eigenvalue weighted by Crippen LogP contribution is -2.01. The zero-order valence-corrected chi connectivity index (χ0v) is 10.5. The van der Waals surface area contributed by atoms with Crippen LogP contribution in [0.25, 0.3) is 0 Å². The van der Waals surface area contributed by atoms with Crippen LogP contribution in [0.1, 0.15) is 36.8 Å². The van der Waals surface area contributed by atoms with E-state index in [0.717, 1.165) is 4.47 Å². The van der Waals surface area contributed by atoms with E-state index in [1.165, 1.54) is 11.1 Å². The van der Waals surface area contributed by atoms with Gasteiger partial charge in [-0.25, -0.2) is 0 Å². The highest BCUT2D eigenvalue weighted by atomic mass is 79.9. The monoisotopic (exact) mass is 270 g/mol. The van der Waals surface area contributed by atoms with Crippen LogP contribution in [-0.2, 0) is 4.79 Å². The number of hydrogen-bond acceptors (Lipinski definition) is 1. The second-order valence-corrected chi connectivity index (χ2v) is 4.75. The molecule has 1 rings (SSSR count). The Balaban J connectivity index is 2.73. The van der Waals surface area contributed by atoms with Crippen LogP contribution in [0.4, 0.5) is 0 Å². The molecule has 0 aliphatic carbocycles. The molecular weight excluding hydrogens is 256 g/mol. The van der Waals surface area contributed by atoms with Crippen LogP contribution in [0.3, 0.4) is 0 Å². The van der Waals surface area contributed by atoms with E-state index < -0.39 is 5.97 Å². The summed E-state index contributed by atoms with van der Waals surface area (Å²) in [5, 5.41) is 8.62. The lowest BCUT2D eigenvalue weighted by Gasteiger charge is -2.13. The zero-order valence-electron chi connectivity index (χ0n) is 8.96. The number of halogens is 1. The summed E-state index contributed by atoms with van der Waals surface area (Å²) in [6.07, 6.45) is 0.925. The molecule has 0 heterocycles. The molecule has 0 saturated carbocycles. The van der Waals surface area contributed by atoms with Crippen LogP contribution >= 0.6 is 15.9 Å². The number of carboxylic acid groups (broad SMARTS) is 1. The van der Waals surface area contributed by atoms with Crippen molar-refractivity contribution < 1.29 is 9.90 Å². The quantitative estimate of drug-likeness (QED) is 0.906. The van der Waals surface area contributed by atoms with Gasteiger partial charge in [-0.2, -0.15) is 0 Å². The van der Waals surface area contributed by atoms with E-state index >= 15 is 0 Å². The van der Waals surface area contributed by atoms with Gasteiger partial charge in [0.1, 0.15) is 0 Å². The first-order valence-electron chi connectivity index (χ1n) is 4.98. The highest BCUT2D eigenvalue weighted by Crippen LogP contribution is 2.26. The van der Waals surface area contributed by atoms with Crippen molar-refractivity contribution >= 4 is 21.9 Å². The smallest absolute Gasteiger partial charge is 0.303 e. The van der Waals surface area contributed by atoms with E-state index in [0.29, 0.717) is 12.3 Å². The maximum Gasteiger partial charge on any atom is 0.303 e. The molecule has 1 aromatic rings. The standard InChI is InChI=1S/C12H15BrO2/c1-8(3-6-12(14)15)11-5-4-10(13)7-9(11)2/h4-5,7-8H,3,6H2,1-2H3,(H,14,15)/t8-/m0/s1. The molecular formula is C12H15BrO2. The molecule has 1 aromatic carbocycles. The summed E-state index contributed by atoms with van der Waals surface area (Å²) in [4.78, 5) is 10.5. The summed E-state index contributed by atoms with van der Waals surface area (Å²) < 4.78 is 1.06. The fourth-order valence-electron chi connectivity index (χ4n) is 1.69. The van der Waals surface area contributed by atoms with Gasteiger partial charge in [0.05, 0.1) is 0 Å². The van der Waals surface area contributed by atoms with Gasteiger partial charge in [0.15, 0.2) is 0 Å². The van der Waals surface area contributed by atoms with Crippen molar-refractivity contribution in [2.24, 2.45) is 0 Å². The van der Waals surface area contributed by atoms with Crippen molar-refractivity contribution in [1.29, 1.82) is 0 Å². The highest BCUT2D eigenvalue weighted by molar-refractivity contribution is 9.10. The SMILES string of the molecule is Cc1cc(Br)ccc1[C@@H](C)CCC(=O)O. The minimum Gasteiger partial charge on any atom is -0.481 e. The second-order valence-electron chi connectivity index (χ2n) is 3.83. The Morgan fingerprint density at radius 1 is 1.53 bits per heavy atom. The van der Waals surface area contributed by atoms with Crippen LogP contribution in [0.2, 0.25) is 0 Å². The lowest BCUT2D eigenvalue weighted by atomic mass is 9.93. The van der Waals surface area contributed by atoms with Gasteiger partial charge < -0.3 is 5.11 Å². The van der Waals surface area contributed by atoms with Crippen LogP contribution in [0.15, 0.2) is 22.7 Å². The third-order valence-corrected chi connectivity index (χ3v) is 3.05. The Kier molecular flexibility index (Phi) is 4.33. The number of aliphatic carboxylic acids is 1. The summed E-state index contributed by atoms with van der Waals surface area (Å²) in [6.45, 7) is 4.12. The Morgan fingerprint density at radius 2 is 2.20 bits per heavy atom. The highest BCUT2D eigenvalue weighted by Gasteiger charge is 2.10. The molecule has 15 heavy (non-hydrogen) atoms. The van der Waals surface area contributed by atoms with E-state index in [4.69, 9.17) is 5.11 Å². The zero-order chi connectivity index (χ0) is 11.4. The largest absolute Gasteiger partial charge is 0.481 e. The second kappa shape index (κ2) is 5.31. The normalized spacial score (nSPS) is 12.5.